The summed E-state index contributed by atoms with van der Waals surface area (Å²) in [5.74, 6) is 1.39. The Morgan fingerprint density at radius 3 is 2.09 bits per heavy atom. The molecule has 0 atom stereocenters. The lowest BCUT2D eigenvalue weighted by atomic mass is 10.2. The van der Waals surface area contributed by atoms with Crippen molar-refractivity contribution in [3.05, 3.63) is 73.4 Å². The fourth-order valence-electron chi connectivity index (χ4n) is 1.67. The molecule has 0 unspecified atom stereocenters. The number of carbonyl (C=O) groups is 1. The second-order valence-electron chi connectivity index (χ2n) is 6.33. The molecule has 0 radical (unpaired) electrons. The highest BCUT2D eigenvalue weighted by atomic mass is 32.2. The van der Waals surface area contributed by atoms with Gasteiger partial charge in [0.05, 0.1) is 7.11 Å². The Bertz CT molecular complexity index is 708. The second kappa shape index (κ2) is 34.7. The van der Waals surface area contributed by atoms with Crippen LogP contribution in [0.25, 0.3) is 0 Å². The first-order chi connectivity index (χ1) is 16.3. The largest absolute Gasteiger partial charge is 0.504 e. The Morgan fingerprint density at radius 2 is 1.79 bits per heavy atom. The molecular formula is C28H46N2O3S. The van der Waals surface area contributed by atoms with E-state index in [1.807, 2.05) is 38.3 Å². The van der Waals surface area contributed by atoms with E-state index < -0.39 is 0 Å². The molecule has 1 amide bonds. The molecule has 1 aromatic carbocycles. The van der Waals surface area contributed by atoms with Crippen LogP contribution in [0.15, 0.2) is 67.8 Å². The van der Waals surface area contributed by atoms with Gasteiger partial charge in [-0.15, -0.1) is 13.2 Å². The smallest absolute Gasteiger partial charge is 0.217 e. The van der Waals surface area contributed by atoms with Gasteiger partial charge in [-0.3, -0.25) is 4.79 Å². The summed E-state index contributed by atoms with van der Waals surface area (Å²) in [4.78, 5) is 10.6. The molecule has 0 fully saturated rings. The number of methoxy groups -OCH3 is 1. The SMILES string of the molecule is C/C=C\CC.C=CC.C=CC/C=C\C.CCCSC#N.COc1cc(CNC(C)=O)ccc1O. The number of thiocyanates is 1. The molecule has 0 aliphatic carbocycles. The zero-order chi connectivity index (χ0) is 27.0. The summed E-state index contributed by atoms with van der Waals surface area (Å²) in [7, 11) is 1.48. The first-order valence-corrected chi connectivity index (χ1v) is 12.3. The number of aromatic hydroxyl groups is 1. The van der Waals surface area contributed by atoms with E-state index in [9.17, 15) is 9.90 Å². The summed E-state index contributed by atoms with van der Waals surface area (Å²) in [6.45, 7) is 18.9. The van der Waals surface area contributed by atoms with Gasteiger partial charge < -0.3 is 15.2 Å². The van der Waals surface area contributed by atoms with Crippen LogP contribution >= 0.6 is 11.8 Å². The van der Waals surface area contributed by atoms with Crippen molar-refractivity contribution in [1.82, 2.24) is 5.32 Å². The van der Waals surface area contributed by atoms with Gasteiger partial charge in [0.25, 0.3) is 0 Å². The van der Waals surface area contributed by atoms with E-state index in [0.717, 1.165) is 30.6 Å². The van der Waals surface area contributed by atoms with Gasteiger partial charge in [0, 0.05) is 19.2 Å². The molecule has 6 heteroatoms. The molecule has 0 saturated carbocycles. The minimum atomic E-state index is -0.0861. The maximum Gasteiger partial charge on any atom is 0.217 e. The van der Waals surface area contributed by atoms with Gasteiger partial charge in [0.1, 0.15) is 5.40 Å². The highest BCUT2D eigenvalue weighted by Gasteiger charge is 2.02. The van der Waals surface area contributed by atoms with Crippen molar-refractivity contribution in [3.8, 4) is 16.9 Å². The third-order valence-electron chi connectivity index (χ3n) is 3.17. The summed E-state index contributed by atoms with van der Waals surface area (Å²) in [5, 5.41) is 21.9. The Morgan fingerprint density at radius 1 is 1.21 bits per heavy atom. The minimum Gasteiger partial charge on any atom is -0.504 e. The molecule has 0 saturated heterocycles. The Labute approximate surface area is 213 Å². The summed E-state index contributed by atoms with van der Waals surface area (Å²) in [5.41, 5.74) is 0.884. The monoisotopic (exact) mass is 490 g/mol. The van der Waals surface area contributed by atoms with Crippen LogP contribution in [0.1, 0.15) is 66.4 Å². The van der Waals surface area contributed by atoms with Gasteiger partial charge in [-0.1, -0.05) is 56.4 Å². The van der Waals surface area contributed by atoms with Crippen molar-refractivity contribution in [2.45, 2.75) is 67.3 Å². The number of hydrogen-bond donors (Lipinski definition) is 2. The van der Waals surface area contributed by atoms with Crippen molar-refractivity contribution in [1.29, 1.82) is 5.26 Å². The third kappa shape index (κ3) is 36.5. The number of nitriles is 1. The van der Waals surface area contributed by atoms with Crippen LogP contribution in [0, 0.1) is 10.7 Å². The van der Waals surface area contributed by atoms with Gasteiger partial charge in [-0.25, -0.2) is 0 Å². The highest BCUT2D eigenvalue weighted by Crippen LogP contribution is 2.25. The number of amides is 1. The maximum absolute atomic E-state index is 10.6. The molecule has 0 spiro atoms. The number of allylic oxidation sites excluding steroid dienone is 6. The summed E-state index contributed by atoms with van der Waals surface area (Å²) < 4.78 is 4.93. The molecule has 0 aromatic heterocycles. The van der Waals surface area contributed by atoms with E-state index in [2.05, 4.69) is 50.6 Å². The van der Waals surface area contributed by atoms with Crippen molar-refractivity contribution in [2.24, 2.45) is 0 Å². The molecule has 0 aliphatic heterocycles. The predicted octanol–water partition coefficient (Wildman–Crippen LogP) is 7.95. The lowest BCUT2D eigenvalue weighted by Gasteiger charge is -2.06. The molecule has 1 aromatic rings. The van der Waals surface area contributed by atoms with Gasteiger partial charge in [0.15, 0.2) is 11.5 Å². The van der Waals surface area contributed by atoms with Crippen LogP contribution in [0.2, 0.25) is 0 Å². The number of rotatable bonds is 8. The molecular weight excluding hydrogens is 444 g/mol. The second-order valence-corrected chi connectivity index (χ2v) is 7.21. The third-order valence-corrected chi connectivity index (χ3v) is 3.91. The lowest BCUT2D eigenvalue weighted by molar-refractivity contribution is -0.119. The molecule has 0 aliphatic rings. The average Bonchev–Trinajstić information content (AvgIpc) is 2.83. The number of hydrogen-bond acceptors (Lipinski definition) is 5. The lowest BCUT2D eigenvalue weighted by Crippen LogP contribution is -2.18. The molecule has 0 heterocycles. The molecule has 34 heavy (non-hydrogen) atoms. The van der Waals surface area contributed by atoms with Crippen LogP contribution in [-0.4, -0.2) is 23.9 Å². The Kier molecular flexibility index (Phi) is 39.1. The molecule has 5 nitrogen and oxygen atoms in total. The van der Waals surface area contributed by atoms with Crippen LogP contribution in [-0.2, 0) is 11.3 Å². The van der Waals surface area contributed by atoms with Crippen LogP contribution in [0.4, 0.5) is 0 Å². The number of benzene rings is 1. The highest BCUT2D eigenvalue weighted by molar-refractivity contribution is 8.03. The quantitative estimate of drug-likeness (QED) is 0.219. The standard InChI is InChI=1S/C10H13NO3.C6H10.C5H10.C4H7NS.C3H6/c1-7(12)11-6-8-3-4-9(13)10(5-8)14-2;1-3-5-6-4-2;1-3-5-4-2;1-2-3-6-4-5;1-3-2/h3-5,13H,6H2,1-2H3,(H,11,12);3-4,6H,1,5H2,2H3;3,5H,4H2,1-2H3;2-3H2,1H3;3H,1H2,2H3/b;6-4-;5-3-;;. The van der Waals surface area contributed by atoms with E-state index in [0.29, 0.717) is 12.3 Å². The molecule has 192 valence electrons. The van der Waals surface area contributed by atoms with Gasteiger partial charge in [0.2, 0.25) is 5.91 Å². The van der Waals surface area contributed by atoms with Crippen LogP contribution < -0.4 is 10.1 Å². The minimum absolute atomic E-state index is 0.0861. The Balaban J connectivity index is -0.000000189. The van der Waals surface area contributed by atoms with E-state index in [4.69, 9.17) is 10.00 Å². The number of nitrogens with one attached hydrogen (secondary N) is 1. The van der Waals surface area contributed by atoms with Gasteiger partial charge >= 0.3 is 0 Å². The number of ether oxygens (including phenoxy) is 1. The van der Waals surface area contributed by atoms with Crippen LogP contribution in [0.3, 0.4) is 0 Å². The number of phenolic OH excluding ortho intramolecular Hbond substituents is 1. The van der Waals surface area contributed by atoms with Crippen LogP contribution in [0.5, 0.6) is 11.5 Å². The molecule has 2 N–H and O–H groups in total. The van der Waals surface area contributed by atoms with Crippen molar-refractivity contribution >= 4 is 17.7 Å². The summed E-state index contributed by atoms with van der Waals surface area (Å²) in [6.07, 6.45) is 15.1. The first-order valence-electron chi connectivity index (χ1n) is 11.3. The number of nitrogens with zero attached hydrogens (tertiary/aromatic N) is 1. The fraction of sp³-hybridized carbons (Fsp3) is 0.429. The number of thioether (sulfide) groups is 1. The summed E-state index contributed by atoms with van der Waals surface area (Å²) in [6, 6.07) is 4.95. The van der Waals surface area contributed by atoms with E-state index in [1.165, 1.54) is 31.9 Å². The maximum atomic E-state index is 10.6. The summed E-state index contributed by atoms with van der Waals surface area (Å²) >= 11 is 1.31. The van der Waals surface area contributed by atoms with Gasteiger partial charge in [-0.2, -0.15) is 5.26 Å². The van der Waals surface area contributed by atoms with Gasteiger partial charge in [-0.05, 0) is 69.5 Å². The zero-order valence-electron chi connectivity index (χ0n) is 22.3. The number of phenols is 1. The zero-order valence-corrected chi connectivity index (χ0v) is 23.1. The normalized spacial score (nSPS) is 8.76. The van der Waals surface area contributed by atoms with Crippen molar-refractivity contribution in [2.75, 3.05) is 12.9 Å². The van der Waals surface area contributed by atoms with E-state index in [1.54, 1.807) is 18.2 Å². The molecule has 1 rings (SSSR count). The predicted molar refractivity (Wildman–Crippen MR) is 151 cm³/mol. The van der Waals surface area contributed by atoms with E-state index in [-0.39, 0.29) is 11.7 Å². The fourth-order valence-corrected chi connectivity index (χ4v) is 1.97. The van der Waals surface area contributed by atoms with Crippen molar-refractivity contribution < 1.29 is 14.6 Å². The average molecular weight is 491 g/mol. The Hall–Kier alpha value is -2.91. The first kappa shape index (κ1) is 38.4. The topological polar surface area (TPSA) is 82.3 Å². The molecule has 0 bridgehead atoms. The van der Waals surface area contributed by atoms with Crippen molar-refractivity contribution in [3.63, 3.8) is 0 Å². The van der Waals surface area contributed by atoms with E-state index >= 15 is 0 Å². The number of carbonyl (C=O) groups excluding carboxylic acids is 1.